The van der Waals surface area contributed by atoms with Crippen LogP contribution in [0, 0.1) is 0 Å². The van der Waals surface area contributed by atoms with Crippen LogP contribution in [0.25, 0.3) is 0 Å². The first-order valence-corrected chi connectivity index (χ1v) is 15.2. The van der Waals surface area contributed by atoms with Crippen LogP contribution in [-0.2, 0) is 4.74 Å². The number of hydrogen-bond acceptors (Lipinski definition) is 4. The SMILES string of the molecule is CCCCCCCCCCCCOc1ccc(C(=O)OC)cc1OCCCCCCCCCCCC. The Hall–Kier alpha value is -1.71. The first kappa shape index (κ1) is 32.3. The lowest BCUT2D eigenvalue weighted by atomic mass is 10.1. The average molecular weight is 505 g/mol. The molecular formula is C32H56O4. The molecule has 0 N–H and O–H groups in total. The van der Waals surface area contributed by atoms with E-state index in [0.29, 0.717) is 24.5 Å². The molecule has 4 nitrogen and oxygen atoms in total. The molecule has 1 aromatic carbocycles. The fraction of sp³-hybridized carbons (Fsp3) is 0.781. The number of methoxy groups -OCH3 is 1. The number of esters is 1. The van der Waals surface area contributed by atoms with Crippen LogP contribution in [0.15, 0.2) is 18.2 Å². The van der Waals surface area contributed by atoms with Gasteiger partial charge >= 0.3 is 5.97 Å². The number of ether oxygens (including phenoxy) is 3. The number of benzene rings is 1. The molecule has 0 aliphatic heterocycles. The lowest BCUT2D eigenvalue weighted by molar-refractivity contribution is 0.0600. The molecule has 0 amide bonds. The summed E-state index contributed by atoms with van der Waals surface area (Å²) in [5, 5.41) is 0. The van der Waals surface area contributed by atoms with Crippen molar-refractivity contribution in [2.24, 2.45) is 0 Å². The summed E-state index contributed by atoms with van der Waals surface area (Å²) >= 11 is 0. The van der Waals surface area contributed by atoms with E-state index >= 15 is 0 Å². The smallest absolute Gasteiger partial charge is 0.337 e. The van der Waals surface area contributed by atoms with Gasteiger partial charge in [-0.2, -0.15) is 0 Å². The molecule has 0 bridgehead atoms. The molecule has 208 valence electrons. The van der Waals surface area contributed by atoms with Crippen molar-refractivity contribution in [2.75, 3.05) is 20.3 Å². The van der Waals surface area contributed by atoms with Gasteiger partial charge in [0.15, 0.2) is 11.5 Å². The van der Waals surface area contributed by atoms with Gasteiger partial charge in [-0.15, -0.1) is 0 Å². The molecular weight excluding hydrogens is 448 g/mol. The van der Waals surface area contributed by atoms with Gasteiger partial charge in [0.25, 0.3) is 0 Å². The predicted octanol–water partition coefficient (Wildman–Crippen LogP) is 10.1. The third-order valence-corrected chi connectivity index (χ3v) is 6.88. The van der Waals surface area contributed by atoms with Crippen LogP contribution in [0.3, 0.4) is 0 Å². The highest BCUT2D eigenvalue weighted by Crippen LogP contribution is 2.29. The molecule has 0 spiro atoms. The third kappa shape index (κ3) is 16.9. The van der Waals surface area contributed by atoms with E-state index in [4.69, 9.17) is 14.2 Å². The van der Waals surface area contributed by atoms with Crippen molar-refractivity contribution < 1.29 is 19.0 Å². The van der Waals surface area contributed by atoms with Crippen molar-refractivity contribution in [3.8, 4) is 11.5 Å². The number of rotatable bonds is 25. The third-order valence-electron chi connectivity index (χ3n) is 6.88. The van der Waals surface area contributed by atoms with Crippen LogP contribution in [0.1, 0.15) is 153 Å². The summed E-state index contributed by atoms with van der Waals surface area (Å²) in [5.41, 5.74) is 0.502. The van der Waals surface area contributed by atoms with E-state index in [1.165, 1.54) is 123 Å². The van der Waals surface area contributed by atoms with Crippen molar-refractivity contribution in [3.05, 3.63) is 23.8 Å². The van der Waals surface area contributed by atoms with Gasteiger partial charge in [-0.25, -0.2) is 4.79 Å². The highest BCUT2D eigenvalue weighted by molar-refractivity contribution is 5.90. The summed E-state index contributed by atoms with van der Waals surface area (Å²) < 4.78 is 17.0. The second kappa shape index (κ2) is 23.7. The molecule has 0 fully saturated rings. The van der Waals surface area contributed by atoms with Gasteiger partial charge in [0, 0.05) is 0 Å². The van der Waals surface area contributed by atoms with E-state index in [2.05, 4.69) is 13.8 Å². The minimum Gasteiger partial charge on any atom is -0.490 e. The lowest BCUT2D eigenvalue weighted by Crippen LogP contribution is -2.06. The molecule has 0 radical (unpaired) electrons. The minimum absolute atomic E-state index is 0.347. The van der Waals surface area contributed by atoms with Crippen LogP contribution < -0.4 is 9.47 Å². The van der Waals surface area contributed by atoms with Gasteiger partial charge in [0.05, 0.1) is 25.9 Å². The van der Waals surface area contributed by atoms with Crippen molar-refractivity contribution in [3.63, 3.8) is 0 Å². The summed E-state index contributed by atoms with van der Waals surface area (Å²) in [7, 11) is 1.41. The quantitative estimate of drug-likeness (QED) is 0.0981. The molecule has 0 aromatic heterocycles. The van der Waals surface area contributed by atoms with Crippen LogP contribution in [0.5, 0.6) is 11.5 Å². The fourth-order valence-electron chi connectivity index (χ4n) is 4.53. The van der Waals surface area contributed by atoms with Gasteiger partial charge in [0.1, 0.15) is 0 Å². The largest absolute Gasteiger partial charge is 0.490 e. The number of hydrogen-bond donors (Lipinski definition) is 0. The summed E-state index contributed by atoms with van der Waals surface area (Å²) in [6, 6.07) is 5.36. The van der Waals surface area contributed by atoms with E-state index in [-0.39, 0.29) is 5.97 Å². The highest BCUT2D eigenvalue weighted by Gasteiger charge is 2.12. The Kier molecular flexibility index (Phi) is 21.3. The standard InChI is InChI=1S/C32H56O4/c1-4-6-8-10-12-14-16-18-20-22-26-35-30-25-24-29(32(33)34-3)28-31(30)36-27-23-21-19-17-15-13-11-9-7-5-2/h24-25,28H,4-23,26-27H2,1-3H3. The summed E-state index contributed by atoms with van der Waals surface area (Å²) in [5.74, 6) is 1.03. The van der Waals surface area contributed by atoms with Crippen LogP contribution in [0.2, 0.25) is 0 Å². The topological polar surface area (TPSA) is 44.8 Å². The molecule has 36 heavy (non-hydrogen) atoms. The molecule has 0 heterocycles. The first-order valence-electron chi connectivity index (χ1n) is 15.2. The van der Waals surface area contributed by atoms with Gasteiger partial charge in [-0.3, -0.25) is 0 Å². The predicted molar refractivity (Wildman–Crippen MR) is 152 cm³/mol. The molecule has 0 atom stereocenters. The zero-order valence-electron chi connectivity index (χ0n) is 23.9. The molecule has 0 aliphatic rings. The van der Waals surface area contributed by atoms with Gasteiger partial charge < -0.3 is 14.2 Å². The van der Waals surface area contributed by atoms with Crippen LogP contribution >= 0.6 is 0 Å². The van der Waals surface area contributed by atoms with E-state index in [1.807, 2.05) is 6.07 Å². The molecule has 1 aromatic rings. The Bertz CT molecular complexity index is 643. The van der Waals surface area contributed by atoms with Crippen LogP contribution in [0.4, 0.5) is 0 Å². The van der Waals surface area contributed by atoms with Crippen molar-refractivity contribution in [2.45, 2.75) is 142 Å². The Morgan fingerprint density at radius 3 is 1.36 bits per heavy atom. The number of carbonyl (C=O) groups excluding carboxylic acids is 1. The van der Waals surface area contributed by atoms with Gasteiger partial charge in [-0.1, -0.05) is 129 Å². The number of unbranched alkanes of at least 4 members (excludes halogenated alkanes) is 18. The van der Waals surface area contributed by atoms with Crippen molar-refractivity contribution >= 4 is 5.97 Å². The van der Waals surface area contributed by atoms with E-state index < -0.39 is 0 Å². The maximum absolute atomic E-state index is 12.0. The maximum Gasteiger partial charge on any atom is 0.337 e. The summed E-state index contributed by atoms with van der Waals surface area (Å²) in [6.07, 6.45) is 26.0. The van der Waals surface area contributed by atoms with Crippen molar-refractivity contribution in [1.29, 1.82) is 0 Å². The van der Waals surface area contributed by atoms with E-state index in [9.17, 15) is 4.79 Å². The molecule has 1 rings (SSSR count). The number of carbonyl (C=O) groups is 1. The van der Waals surface area contributed by atoms with Gasteiger partial charge in [-0.05, 0) is 31.0 Å². The second-order valence-corrected chi connectivity index (χ2v) is 10.2. The average Bonchev–Trinajstić information content (AvgIpc) is 2.90. The van der Waals surface area contributed by atoms with E-state index in [1.54, 1.807) is 12.1 Å². The Labute approximate surface area is 222 Å². The summed E-state index contributed by atoms with van der Waals surface area (Å²) in [4.78, 5) is 12.0. The van der Waals surface area contributed by atoms with Crippen LogP contribution in [-0.4, -0.2) is 26.3 Å². The lowest BCUT2D eigenvalue weighted by Gasteiger charge is -2.14. The Morgan fingerprint density at radius 1 is 0.556 bits per heavy atom. The normalized spacial score (nSPS) is 11.0. The monoisotopic (exact) mass is 504 g/mol. The minimum atomic E-state index is -0.347. The Morgan fingerprint density at radius 2 is 0.944 bits per heavy atom. The second-order valence-electron chi connectivity index (χ2n) is 10.2. The molecule has 0 saturated heterocycles. The highest BCUT2D eigenvalue weighted by atomic mass is 16.5. The van der Waals surface area contributed by atoms with E-state index in [0.717, 1.165) is 18.6 Å². The summed E-state index contributed by atoms with van der Waals surface area (Å²) in [6.45, 7) is 5.86. The fourth-order valence-corrected chi connectivity index (χ4v) is 4.53. The maximum atomic E-state index is 12.0. The molecule has 0 saturated carbocycles. The zero-order valence-corrected chi connectivity index (χ0v) is 23.9. The molecule has 0 aliphatic carbocycles. The van der Waals surface area contributed by atoms with Crippen molar-refractivity contribution in [1.82, 2.24) is 0 Å². The van der Waals surface area contributed by atoms with Gasteiger partial charge in [0.2, 0.25) is 0 Å². The molecule has 4 heteroatoms. The zero-order chi connectivity index (χ0) is 26.1. The first-order chi connectivity index (χ1) is 17.7. The molecule has 0 unspecified atom stereocenters. The Balaban J connectivity index is 2.27.